The molecule has 4 rings (SSSR count). The Morgan fingerprint density at radius 2 is 1.74 bits per heavy atom. The fourth-order valence-corrected chi connectivity index (χ4v) is 3.94. The highest BCUT2D eigenvalue weighted by Crippen LogP contribution is 2.33. The van der Waals surface area contributed by atoms with Crippen LogP contribution in [0.25, 0.3) is 0 Å². The highest BCUT2D eigenvalue weighted by atomic mass is 16.4. The zero-order valence-electron chi connectivity index (χ0n) is 15.0. The van der Waals surface area contributed by atoms with Crippen LogP contribution in [0.5, 0.6) is 0 Å². The van der Waals surface area contributed by atoms with E-state index in [1.807, 2.05) is 0 Å². The Labute approximate surface area is 157 Å². The van der Waals surface area contributed by atoms with E-state index in [4.69, 9.17) is 0 Å². The van der Waals surface area contributed by atoms with Gasteiger partial charge >= 0.3 is 5.97 Å². The molecular formula is C21H20N2O4. The van der Waals surface area contributed by atoms with Gasteiger partial charge in [-0.15, -0.1) is 0 Å². The van der Waals surface area contributed by atoms with Crippen molar-refractivity contribution in [1.82, 2.24) is 0 Å². The lowest BCUT2D eigenvalue weighted by Crippen LogP contribution is -2.35. The molecule has 2 aliphatic rings. The molecule has 2 aromatic rings. The number of hydrogen-bond donors (Lipinski definition) is 1. The number of benzene rings is 2. The highest BCUT2D eigenvalue weighted by molar-refractivity contribution is 6.34. The zero-order chi connectivity index (χ0) is 19.1. The van der Waals surface area contributed by atoms with Gasteiger partial charge in [-0.1, -0.05) is 19.1 Å². The highest BCUT2D eigenvalue weighted by Gasteiger charge is 2.37. The van der Waals surface area contributed by atoms with Gasteiger partial charge in [-0.3, -0.25) is 9.59 Å². The minimum Gasteiger partial charge on any atom is -0.478 e. The second-order valence-electron chi connectivity index (χ2n) is 7.19. The minimum atomic E-state index is -1.07. The number of carboxylic acids is 1. The lowest BCUT2D eigenvalue weighted by Gasteiger charge is -2.34. The summed E-state index contributed by atoms with van der Waals surface area (Å²) in [4.78, 5) is 40.3. The largest absolute Gasteiger partial charge is 0.478 e. The minimum absolute atomic E-state index is 0.109. The van der Waals surface area contributed by atoms with Crippen molar-refractivity contribution in [3.8, 4) is 0 Å². The number of fused-ring (bicyclic) bond motifs is 1. The third-order valence-corrected chi connectivity index (χ3v) is 5.26. The monoisotopic (exact) mass is 364 g/mol. The van der Waals surface area contributed by atoms with Gasteiger partial charge in [0, 0.05) is 13.1 Å². The van der Waals surface area contributed by atoms with Crippen molar-refractivity contribution in [1.29, 1.82) is 0 Å². The van der Waals surface area contributed by atoms with Gasteiger partial charge in [0.2, 0.25) is 0 Å². The molecule has 0 saturated carbocycles. The molecule has 1 atom stereocenters. The van der Waals surface area contributed by atoms with E-state index < -0.39 is 17.8 Å². The van der Waals surface area contributed by atoms with E-state index in [9.17, 15) is 19.5 Å². The molecule has 27 heavy (non-hydrogen) atoms. The van der Waals surface area contributed by atoms with Crippen molar-refractivity contribution in [2.75, 3.05) is 22.9 Å². The number of piperidine rings is 1. The second kappa shape index (κ2) is 6.54. The molecule has 1 fully saturated rings. The maximum atomic E-state index is 12.7. The SMILES string of the molecule is CC1CCCN(c2ccc(N3C(=O)c4ccccc4C3=O)cc2C(=O)O)C1. The van der Waals surface area contributed by atoms with Crippen molar-refractivity contribution in [2.24, 2.45) is 5.92 Å². The summed E-state index contributed by atoms with van der Waals surface area (Å²) in [5.74, 6) is -1.42. The molecule has 6 heteroatoms. The van der Waals surface area contributed by atoms with Gasteiger partial charge < -0.3 is 10.0 Å². The van der Waals surface area contributed by atoms with Crippen LogP contribution in [0.15, 0.2) is 42.5 Å². The lowest BCUT2D eigenvalue weighted by atomic mass is 9.98. The Balaban J connectivity index is 1.73. The number of anilines is 2. The smallest absolute Gasteiger partial charge is 0.337 e. The Morgan fingerprint density at radius 3 is 2.33 bits per heavy atom. The van der Waals surface area contributed by atoms with Crippen LogP contribution in [0.4, 0.5) is 11.4 Å². The summed E-state index contributed by atoms with van der Waals surface area (Å²) in [6.07, 6.45) is 2.15. The molecule has 2 aliphatic heterocycles. The number of aromatic carboxylic acids is 1. The molecule has 0 aromatic heterocycles. The molecule has 0 spiro atoms. The zero-order valence-corrected chi connectivity index (χ0v) is 15.0. The normalized spacial score (nSPS) is 19.4. The summed E-state index contributed by atoms with van der Waals surface area (Å²) in [7, 11) is 0. The van der Waals surface area contributed by atoms with E-state index in [-0.39, 0.29) is 11.3 Å². The maximum absolute atomic E-state index is 12.7. The van der Waals surface area contributed by atoms with Crippen LogP contribution in [0.2, 0.25) is 0 Å². The first-order chi connectivity index (χ1) is 13.0. The van der Waals surface area contributed by atoms with Crippen molar-refractivity contribution < 1.29 is 19.5 Å². The van der Waals surface area contributed by atoms with Gasteiger partial charge in [0.05, 0.1) is 28.1 Å². The van der Waals surface area contributed by atoms with E-state index >= 15 is 0 Å². The number of carbonyl (C=O) groups excluding carboxylic acids is 2. The molecule has 2 aromatic carbocycles. The second-order valence-corrected chi connectivity index (χ2v) is 7.19. The summed E-state index contributed by atoms with van der Waals surface area (Å²) in [6, 6.07) is 11.4. The fourth-order valence-electron chi connectivity index (χ4n) is 3.94. The van der Waals surface area contributed by atoms with Crippen molar-refractivity contribution in [2.45, 2.75) is 19.8 Å². The van der Waals surface area contributed by atoms with Gasteiger partial charge in [0.15, 0.2) is 0 Å². The van der Waals surface area contributed by atoms with E-state index in [0.29, 0.717) is 22.7 Å². The number of hydrogen-bond acceptors (Lipinski definition) is 4. The van der Waals surface area contributed by atoms with Crippen LogP contribution < -0.4 is 9.80 Å². The molecule has 1 saturated heterocycles. The molecule has 1 N–H and O–H groups in total. The third-order valence-electron chi connectivity index (χ3n) is 5.26. The van der Waals surface area contributed by atoms with Gasteiger partial charge in [0.1, 0.15) is 0 Å². The van der Waals surface area contributed by atoms with Crippen molar-refractivity contribution in [3.63, 3.8) is 0 Å². The summed E-state index contributed by atoms with van der Waals surface area (Å²) in [5, 5.41) is 9.72. The predicted molar refractivity (Wildman–Crippen MR) is 102 cm³/mol. The lowest BCUT2D eigenvalue weighted by molar-refractivity contribution is 0.0696. The number of nitrogens with zero attached hydrogens (tertiary/aromatic N) is 2. The molecule has 0 bridgehead atoms. The fraction of sp³-hybridized carbons (Fsp3) is 0.286. The van der Waals surface area contributed by atoms with E-state index in [0.717, 1.165) is 30.8 Å². The maximum Gasteiger partial charge on any atom is 0.337 e. The van der Waals surface area contributed by atoms with Crippen LogP contribution >= 0.6 is 0 Å². The topological polar surface area (TPSA) is 77.9 Å². The van der Waals surface area contributed by atoms with Gasteiger partial charge in [0.25, 0.3) is 11.8 Å². The first kappa shape index (κ1) is 17.3. The summed E-state index contributed by atoms with van der Waals surface area (Å²) < 4.78 is 0. The molecule has 138 valence electrons. The molecule has 2 amide bonds. The average Bonchev–Trinajstić information content (AvgIpc) is 2.92. The van der Waals surface area contributed by atoms with E-state index in [1.54, 1.807) is 36.4 Å². The van der Waals surface area contributed by atoms with Crippen LogP contribution in [0.3, 0.4) is 0 Å². The molecular weight excluding hydrogens is 344 g/mol. The first-order valence-corrected chi connectivity index (χ1v) is 9.07. The third kappa shape index (κ3) is 2.87. The number of carbonyl (C=O) groups is 3. The summed E-state index contributed by atoms with van der Waals surface area (Å²) in [6.45, 7) is 3.75. The molecule has 2 heterocycles. The Morgan fingerprint density at radius 1 is 1.07 bits per heavy atom. The van der Waals surface area contributed by atoms with E-state index in [1.165, 1.54) is 6.07 Å². The Bertz CT molecular complexity index is 918. The predicted octanol–water partition coefficient (Wildman–Crippen LogP) is 3.42. The molecule has 0 aliphatic carbocycles. The van der Waals surface area contributed by atoms with Crippen molar-refractivity contribution in [3.05, 3.63) is 59.2 Å². The van der Waals surface area contributed by atoms with Crippen LogP contribution in [0, 0.1) is 5.92 Å². The van der Waals surface area contributed by atoms with Gasteiger partial charge in [-0.2, -0.15) is 0 Å². The summed E-state index contributed by atoms with van der Waals surface area (Å²) in [5.41, 5.74) is 1.71. The van der Waals surface area contributed by atoms with Gasteiger partial charge in [-0.25, -0.2) is 9.69 Å². The Kier molecular flexibility index (Phi) is 4.18. The van der Waals surface area contributed by atoms with Crippen LogP contribution in [-0.2, 0) is 0 Å². The van der Waals surface area contributed by atoms with Crippen LogP contribution in [-0.4, -0.2) is 36.0 Å². The standard InChI is InChI=1S/C21H20N2O4/c1-13-5-4-10-22(12-13)18-9-8-14(11-17(18)21(26)27)23-19(24)15-6-2-3-7-16(15)20(23)25/h2-3,6-9,11,13H,4-5,10,12H2,1H3,(H,26,27). The molecule has 0 radical (unpaired) electrons. The Hall–Kier alpha value is -3.15. The molecule has 6 nitrogen and oxygen atoms in total. The quantitative estimate of drug-likeness (QED) is 0.845. The van der Waals surface area contributed by atoms with Crippen molar-refractivity contribution >= 4 is 29.2 Å². The van der Waals surface area contributed by atoms with Gasteiger partial charge in [-0.05, 0) is 49.1 Å². The molecule has 1 unspecified atom stereocenters. The first-order valence-electron chi connectivity index (χ1n) is 9.07. The number of imide groups is 1. The van der Waals surface area contributed by atoms with E-state index in [2.05, 4.69) is 11.8 Å². The number of rotatable bonds is 3. The van der Waals surface area contributed by atoms with Crippen LogP contribution in [0.1, 0.15) is 50.8 Å². The number of amides is 2. The number of carboxylic acid groups (broad SMARTS) is 1. The average molecular weight is 364 g/mol. The summed E-state index contributed by atoms with van der Waals surface area (Å²) >= 11 is 0.